The summed E-state index contributed by atoms with van der Waals surface area (Å²) in [5.41, 5.74) is 0.335. The first-order valence-electron chi connectivity index (χ1n) is 6.71. The Morgan fingerprint density at radius 1 is 1.10 bits per heavy atom. The summed E-state index contributed by atoms with van der Waals surface area (Å²) in [7, 11) is 0. The molecule has 5 heteroatoms. The van der Waals surface area contributed by atoms with Crippen LogP contribution in [-0.2, 0) is 0 Å². The molecule has 114 valence electrons. The average molecular weight is 287 g/mol. The molecule has 0 amide bonds. The van der Waals surface area contributed by atoms with Gasteiger partial charge in [0.15, 0.2) is 11.6 Å². The van der Waals surface area contributed by atoms with E-state index in [0.29, 0.717) is 18.5 Å². The van der Waals surface area contributed by atoms with Crippen LogP contribution in [0.15, 0.2) is 18.2 Å². The van der Waals surface area contributed by atoms with Crippen molar-refractivity contribution >= 4 is 0 Å². The summed E-state index contributed by atoms with van der Waals surface area (Å²) in [6.07, 6.45) is -0.805. The third-order valence-electron chi connectivity index (χ3n) is 2.89. The van der Waals surface area contributed by atoms with Crippen LogP contribution in [0.1, 0.15) is 38.9 Å². The minimum atomic E-state index is -0.977. The second kappa shape index (κ2) is 7.11. The van der Waals surface area contributed by atoms with Crippen molar-refractivity contribution in [2.75, 3.05) is 13.1 Å². The zero-order valence-electron chi connectivity index (χ0n) is 12.2. The van der Waals surface area contributed by atoms with Crippen LogP contribution in [0.5, 0.6) is 0 Å². The topological polar surface area (TPSA) is 52.5 Å². The van der Waals surface area contributed by atoms with Crippen molar-refractivity contribution in [2.24, 2.45) is 5.41 Å². The first-order valence-corrected chi connectivity index (χ1v) is 6.71. The highest BCUT2D eigenvalue weighted by molar-refractivity contribution is 5.20. The summed E-state index contributed by atoms with van der Waals surface area (Å²) in [6.45, 7) is 6.62. The maximum absolute atomic E-state index is 13.0. The number of hydrogen-bond donors (Lipinski definition) is 3. The van der Waals surface area contributed by atoms with Crippen molar-refractivity contribution < 1.29 is 19.0 Å². The maximum Gasteiger partial charge on any atom is 0.159 e. The quantitative estimate of drug-likeness (QED) is 0.753. The van der Waals surface area contributed by atoms with E-state index in [4.69, 9.17) is 0 Å². The Hall–Kier alpha value is -1.04. The molecular weight excluding hydrogens is 264 g/mol. The molecule has 0 aliphatic heterocycles. The molecule has 1 rings (SSSR count). The summed E-state index contributed by atoms with van der Waals surface area (Å²) >= 11 is 0. The molecule has 3 N–H and O–H groups in total. The van der Waals surface area contributed by atoms with E-state index in [1.165, 1.54) is 6.07 Å². The molecule has 3 nitrogen and oxygen atoms in total. The van der Waals surface area contributed by atoms with Crippen molar-refractivity contribution in [3.63, 3.8) is 0 Å². The lowest BCUT2D eigenvalue weighted by molar-refractivity contribution is 0.111. The third-order valence-corrected chi connectivity index (χ3v) is 2.89. The lowest BCUT2D eigenvalue weighted by atomic mass is 9.89. The maximum atomic E-state index is 13.0. The number of hydrogen-bond acceptors (Lipinski definition) is 3. The van der Waals surface area contributed by atoms with Crippen LogP contribution in [0.4, 0.5) is 8.78 Å². The minimum absolute atomic E-state index is 0.0276. The van der Waals surface area contributed by atoms with Gasteiger partial charge in [-0.05, 0) is 29.5 Å². The Kier molecular flexibility index (Phi) is 6.05. The first-order chi connectivity index (χ1) is 9.19. The normalized spacial score (nSPS) is 15.2. The number of aliphatic hydroxyl groups is 2. The largest absolute Gasteiger partial charge is 0.392 e. The number of nitrogens with one attached hydrogen (secondary N) is 1. The monoisotopic (exact) mass is 287 g/mol. The average Bonchev–Trinajstić information content (AvgIpc) is 2.30. The van der Waals surface area contributed by atoms with Gasteiger partial charge in [0.05, 0.1) is 12.2 Å². The van der Waals surface area contributed by atoms with E-state index in [1.54, 1.807) is 0 Å². The molecule has 2 unspecified atom stereocenters. The second-order valence-corrected chi connectivity index (χ2v) is 6.27. The fraction of sp³-hybridized carbons (Fsp3) is 0.600. The van der Waals surface area contributed by atoms with E-state index in [1.807, 2.05) is 20.8 Å². The van der Waals surface area contributed by atoms with Gasteiger partial charge in [-0.25, -0.2) is 8.78 Å². The molecule has 0 bridgehead atoms. The van der Waals surface area contributed by atoms with E-state index in [0.717, 1.165) is 12.1 Å². The molecule has 0 aliphatic carbocycles. The summed E-state index contributed by atoms with van der Waals surface area (Å²) in [4.78, 5) is 0. The van der Waals surface area contributed by atoms with Crippen LogP contribution >= 0.6 is 0 Å². The van der Waals surface area contributed by atoms with Crippen LogP contribution in [0.2, 0.25) is 0 Å². The van der Waals surface area contributed by atoms with Gasteiger partial charge in [-0.1, -0.05) is 26.8 Å². The molecule has 1 aromatic carbocycles. The van der Waals surface area contributed by atoms with Crippen LogP contribution in [0.3, 0.4) is 0 Å². The van der Waals surface area contributed by atoms with Gasteiger partial charge in [-0.3, -0.25) is 0 Å². The molecule has 1 aromatic rings. The van der Waals surface area contributed by atoms with Gasteiger partial charge in [0.25, 0.3) is 0 Å². The highest BCUT2D eigenvalue weighted by atomic mass is 19.2. The Morgan fingerprint density at radius 2 is 1.75 bits per heavy atom. The third kappa shape index (κ3) is 5.94. The van der Waals surface area contributed by atoms with Crippen molar-refractivity contribution in [1.29, 1.82) is 0 Å². The standard InChI is InChI=1S/C15H23F2NO2/c1-15(2,3)7-11(19)8-18-9-14(20)10-4-5-12(16)13(17)6-10/h4-6,11,14,18-20H,7-9H2,1-3H3. The predicted octanol–water partition coefficient (Wildman–Crippen LogP) is 2.38. The van der Waals surface area contributed by atoms with Crippen LogP contribution in [0.25, 0.3) is 0 Å². The van der Waals surface area contributed by atoms with E-state index in [2.05, 4.69) is 5.32 Å². The van der Waals surface area contributed by atoms with E-state index < -0.39 is 23.8 Å². The van der Waals surface area contributed by atoms with Gasteiger partial charge in [0.1, 0.15) is 0 Å². The lowest BCUT2D eigenvalue weighted by Crippen LogP contribution is -2.32. The fourth-order valence-electron chi connectivity index (χ4n) is 2.00. The zero-order valence-corrected chi connectivity index (χ0v) is 12.2. The second-order valence-electron chi connectivity index (χ2n) is 6.27. The van der Waals surface area contributed by atoms with E-state index >= 15 is 0 Å². The van der Waals surface area contributed by atoms with Gasteiger partial charge in [0.2, 0.25) is 0 Å². The minimum Gasteiger partial charge on any atom is -0.392 e. The summed E-state index contributed by atoms with van der Waals surface area (Å²) in [5, 5.41) is 22.6. The Balaban J connectivity index is 2.39. The van der Waals surface area contributed by atoms with Crippen LogP contribution < -0.4 is 5.32 Å². The lowest BCUT2D eigenvalue weighted by Gasteiger charge is -2.23. The molecule has 0 radical (unpaired) electrons. The van der Waals surface area contributed by atoms with Crippen molar-refractivity contribution in [2.45, 2.75) is 39.4 Å². The molecule has 0 aromatic heterocycles. The van der Waals surface area contributed by atoms with Crippen molar-refractivity contribution in [1.82, 2.24) is 5.32 Å². The van der Waals surface area contributed by atoms with Gasteiger partial charge in [-0.15, -0.1) is 0 Å². The highest BCUT2D eigenvalue weighted by Gasteiger charge is 2.17. The van der Waals surface area contributed by atoms with Crippen LogP contribution in [0, 0.1) is 17.0 Å². The highest BCUT2D eigenvalue weighted by Crippen LogP contribution is 2.20. The van der Waals surface area contributed by atoms with Crippen LogP contribution in [-0.4, -0.2) is 29.4 Å². The summed E-state index contributed by atoms with van der Waals surface area (Å²) in [5.74, 6) is -1.91. The molecule has 0 saturated carbocycles. The molecule has 0 aliphatic rings. The summed E-state index contributed by atoms with van der Waals surface area (Å²) < 4.78 is 25.8. The zero-order chi connectivity index (χ0) is 15.3. The SMILES string of the molecule is CC(C)(C)CC(O)CNCC(O)c1ccc(F)c(F)c1. The number of benzene rings is 1. The smallest absolute Gasteiger partial charge is 0.159 e. The number of rotatable bonds is 6. The van der Waals surface area contributed by atoms with Gasteiger partial charge < -0.3 is 15.5 Å². The molecule has 0 fully saturated rings. The molecule has 0 heterocycles. The molecule has 0 saturated heterocycles. The molecule has 0 spiro atoms. The first kappa shape index (κ1) is 17.0. The Morgan fingerprint density at radius 3 is 2.30 bits per heavy atom. The molecule has 20 heavy (non-hydrogen) atoms. The van der Waals surface area contributed by atoms with Crippen molar-refractivity contribution in [3.05, 3.63) is 35.4 Å². The fourth-order valence-corrected chi connectivity index (χ4v) is 2.00. The Labute approximate surface area is 118 Å². The molecule has 2 atom stereocenters. The van der Waals surface area contributed by atoms with E-state index in [9.17, 15) is 19.0 Å². The van der Waals surface area contributed by atoms with Gasteiger partial charge in [0, 0.05) is 13.1 Å². The van der Waals surface area contributed by atoms with Gasteiger partial charge >= 0.3 is 0 Å². The number of halogens is 2. The number of aliphatic hydroxyl groups excluding tert-OH is 2. The summed E-state index contributed by atoms with van der Waals surface area (Å²) in [6, 6.07) is 3.31. The molecular formula is C15H23F2NO2. The Bertz CT molecular complexity index is 432. The van der Waals surface area contributed by atoms with Gasteiger partial charge in [-0.2, -0.15) is 0 Å². The predicted molar refractivity (Wildman–Crippen MR) is 74.3 cm³/mol. The van der Waals surface area contributed by atoms with Crippen molar-refractivity contribution in [3.8, 4) is 0 Å². The van der Waals surface area contributed by atoms with E-state index in [-0.39, 0.29) is 12.0 Å².